The van der Waals surface area contributed by atoms with Crippen molar-refractivity contribution in [1.82, 2.24) is 9.21 Å². The van der Waals surface area contributed by atoms with Crippen molar-refractivity contribution < 1.29 is 23.1 Å². The van der Waals surface area contributed by atoms with Gasteiger partial charge in [-0.05, 0) is 43.0 Å². The average Bonchev–Trinajstić information content (AvgIpc) is 2.61. The molecule has 1 saturated heterocycles. The minimum absolute atomic E-state index is 0.118. The van der Waals surface area contributed by atoms with Crippen LogP contribution in [0.1, 0.15) is 44.0 Å². The summed E-state index contributed by atoms with van der Waals surface area (Å²) in [5.41, 5.74) is 0.295. The minimum Gasteiger partial charge on any atom is -0.480 e. The molecule has 2 atom stereocenters. The number of amides is 1. The zero-order chi connectivity index (χ0) is 19.5. The van der Waals surface area contributed by atoms with Gasteiger partial charge < -0.3 is 10.0 Å². The van der Waals surface area contributed by atoms with E-state index < -0.39 is 22.0 Å². The summed E-state index contributed by atoms with van der Waals surface area (Å²) in [6, 6.07) is 4.87. The summed E-state index contributed by atoms with van der Waals surface area (Å²) in [7, 11) is -3.59. The lowest BCUT2D eigenvalue weighted by atomic mass is 9.90. The number of benzene rings is 1. The predicted molar refractivity (Wildman–Crippen MR) is 97.4 cm³/mol. The maximum atomic E-state index is 12.8. The smallest absolute Gasteiger partial charge is 0.326 e. The van der Waals surface area contributed by atoms with Crippen molar-refractivity contribution in [3.63, 3.8) is 0 Å². The van der Waals surface area contributed by atoms with Crippen molar-refractivity contribution in [2.75, 3.05) is 19.6 Å². The maximum Gasteiger partial charge on any atom is 0.326 e. The topological polar surface area (TPSA) is 95.0 Å². The van der Waals surface area contributed by atoms with E-state index in [1.54, 1.807) is 13.8 Å². The molecular formula is C18H26N2O5S. The van der Waals surface area contributed by atoms with Crippen molar-refractivity contribution in [1.29, 1.82) is 0 Å². The number of hydrogen-bond acceptors (Lipinski definition) is 4. The van der Waals surface area contributed by atoms with Crippen LogP contribution in [0.4, 0.5) is 0 Å². The van der Waals surface area contributed by atoms with Crippen LogP contribution in [0, 0.1) is 5.92 Å². The van der Waals surface area contributed by atoms with Gasteiger partial charge in [-0.15, -0.1) is 0 Å². The standard InChI is InChI=1S/C18H26N2O5S/c1-4-19(5-2)26(24,25)15-10-8-14(9-11-15)17(21)20-12-6-7-13(3)16(20)18(22)23/h8-11,13,16H,4-7,12H2,1-3H3,(H,22,23). The summed E-state index contributed by atoms with van der Waals surface area (Å²) in [6.07, 6.45) is 1.52. The fourth-order valence-electron chi connectivity index (χ4n) is 3.44. The molecule has 144 valence electrons. The van der Waals surface area contributed by atoms with E-state index in [1.165, 1.54) is 33.5 Å². The van der Waals surface area contributed by atoms with E-state index in [2.05, 4.69) is 0 Å². The summed E-state index contributed by atoms with van der Waals surface area (Å²) < 4.78 is 26.4. The first kappa shape index (κ1) is 20.4. The van der Waals surface area contributed by atoms with Gasteiger partial charge in [0.05, 0.1) is 4.90 Å². The molecule has 0 radical (unpaired) electrons. The zero-order valence-electron chi connectivity index (χ0n) is 15.4. The molecular weight excluding hydrogens is 356 g/mol. The molecule has 1 aliphatic heterocycles. The van der Waals surface area contributed by atoms with Crippen LogP contribution in [0.15, 0.2) is 29.2 Å². The Morgan fingerprint density at radius 1 is 1.19 bits per heavy atom. The maximum absolute atomic E-state index is 12.8. The van der Waals surface area contributed by atoms with Gasteiger partial charge in [0, 0.05) is 25.2 Å². The second-order valence-corrected chi connectivity index (χ2v) is 8.45. The van der Waals surface area contributed by atoms with E-state index >= 15 is 0 Å². The van der Waals surface area contributed by atoms with E-state index in [9.17, 15) is 23.1 Å². The number of hydrogen-bond donors (Lipinski definition) is 1. The third-order valence-electron chi connectivity index (χ3n) is 4.89. The third-order valence-corrected chi connectivity index (χ3v) is 6.96. The van der Waals surface area contributed by atoms with Crippen LogP contribution in [0.2, 0.25) is 0 Å². The van der Waals surface area contributed by atoms with Gasteiger partial charge >= 0.3 is 5.97 Å². The lowest BCUT2D eigenvalue weighted by Crippen LogP contribution is -2.51. The first-order valence-electron chi connectivity index (χ1n) is 8.88. The quantitative estimate of drug-likeness (QED) is 0.812. The van der Waals surface area contributed by atoms with E-state index in [0.717, 1.165) is 12.8 Å². The van der Waals surface area contributed by atoms with Crippen molar-refractivity contribution in [2.45, 2.75) is 44.6 Å². The summed E-state index contributed by atoms with van der Waals surface area (Å²) in [5.74, 6) is -1.51. The van der Waals surface area contributed by atoms with E-state index in [-0.39, 0.29) is 16.7 Å². The van der Waals surface area contributed by atoms with Gasteiger partial charge in [-0.25, -0.2) is 13.2 Å². The molecule has 0 saturated carbocycles. The molecule has 1 amide bonds. The van der Waals surface area contributed by atoms with Gasteiger partial charge in [-0.1, -0.05) is 20.8 Å². The number of piperidine rings is 1. The largest absolute Gasteiger partial charge is 0.480 e. The molecule has 0 bridgehead atoms. The lowest BCUT2D eigenvalue weighted by Gasteiger charge is -2.37. The molecule has 8 heteroatoms. The first-order valence-corrected chi connectivity index (χ1v) is 10.3. The van der Waals surface area contributed by atoms with Crippen LogP contribution in [0.5, 0.6) is 0 Å². The summed E-state index contributed by atoms with van der Waals surface area (Å²) in [6.45, 7) is 6.49. The van der Waals surface area contributed by atoms with Crippen LogP contribution in [-0.2, 0) is 14.8 Å². The monoisotopic (exact) mass is 382 g/mol. The molecule has 0 spiro atoms. The lowest BCUT2D eigenvalue weighted by molar-refractivity contribution is -0.145. The van der Waals surface area contributed by atoms with Crippen LogP contribution in [0.25, 0.3) is 0 Å². The molecule has 0 aromatic heterocycles. The first-order chi connectivity index (χ1) is 12.2. The Hall–Kier alpha value is -1.93. The molecule has 1 N–H and O–H groups in total. The minimum atomic E-state index is -3.59. The normalized spacial score (nSPS) is 21.0. The molecule has 1 aromatic carbocycles. The Morgan fingerprint density at radius 2 is 1.77 bits per heavy atom. The van der Waals surface area contributed by atoms with Crippen LogP contribution in [-0.4, -0.2) is 60.3 Å². The summed E-state index contributed by atoms with van der Waals surface area (Å²) in [5, 5.41) is 9.46. The fraction of sp³-hybridized carbons (Fsp3) is 0.556. The molecule has 1 fully saturated rings. The molecule has 2 rings (SSSR count). The van der Waals surface area contributed by atoms with Crippen LogP contribution < -0.4 is 0 Å². The number of carbonyl (C=O) groups excluding carboxylic acids is 1. The summed E-state index contributed by atoms with van der Waals surface area (Å²) in [4.78, 5) is 25.8. The second-order valence-electron chi connectivity index (χ2n) is 6.51. The number of nitrogens with zero attached hydrogens (tertiary/aromatic N) is 2. The van der Waals surface area contributed by atoms with Gasteiger partial charge in [0.1, 0.15) is 6.04 Å². The average molecular weight is 382 g/mol. The number of likely N-dealkylation sites (tertiary alicyclic amines) is 1. The van der Waals surface area contributed by atoms with Crippen LogP contribution in [0.3, 0.4) is 0 Å². The van der Waals surface area contributed by atoms with Gasteiger partial charge in [0.25, 0.3) is 5.91 Å². The highest BCUT2D eigenvalue weighted by molar-refractivity contribution is 7.89. The van der Waals surface area contributed by atoms with E-state index in [0.29, 0.717) is 25.2 Å². The highest BCUT2D eigenvalue weighted by Crippen LogP contribution is 2.26. The SMILES string of the molecule is CCN(CC)S(=O)(=O)c1ccc(C(=O)N2CCCC(C)C2C(=O)O)cc1. The molecule has 1 aromatic rings. The molecule has 1 heterocycles. The van der Waals surface area contributed by atoms with E-state index in [4.69, 9.17) is 0 Å². The van der Waals surface area contributed by atoms with Gasteiger partial charge in [-0.2, -0.15) is 4.31 Å². The number of sulfonamides is 1. The van der Waals surface area contributed by atoms with Crippen molar-refractivity contribution >= 4 is 21.9 Å². The number of carbonyl (C=O) groups is 2. The Labute approximate surface area is 154 Å². The molecule has 26 heavy (non-hydrogen) atoms. The summed E-state index contributed by atoms with van der Waals surface area (Å²) >= 11 is 0. The molecule has 7 nitrogen and oxygen atoms in total. The number of aliphatic carboxylic acids is 1. The Kier molecular flexibility index (Phi) is 6.41. The highest BCUT2D eigenvalue weighted by Gasteiger charge is 2.37. The number of carboxylic acid groups (broad SMARTS) is 1. The Bertz CT molecular complexity index is 756. The van der Waals surface area contributed by atoms with Crippen molar-refractivity contribution in [3.8, 4) is 0 Å². The molecule has 1 aliphatic rings. The predicted octanol–water partition coefficient (Wildman–Crippen LogP) is 2.04. The van der Waals surface area contributed by atoms with Gasteiger partial charge in [-0.3, -0.25) is 4.79 Å². The van der Waals surface area contributed by atoms with Gasteiger partial charge in [0.15, 0.2) is 0 Å². The Morgan fingerprint density at radius 3 is 2.27 bits per heavy atom. The number of carboxylic acids is 1. The van der Waals surface area contributed by atoms with E-state index in [1.807, 2.05) is 6.92 Å². The van der Waals surface area contributed by atoms with Crippen LogP contribution >= 0.6 is 0 Å². The second kappa shape index (κ2) is 8.18. The van der Waals surface area contributed by atoms with Crippen molar-refractivity contribution in [3.05, 3.63) is 29.8 Å². The molecule has 0 aliphatic carbocycles. The zero-order valence-corrected chi connectivity index (χ0v) is 16.2. The highest BCUT2D eigenvalue weighted by atomic mass is 32.2. The number of rotatable bonds is 6. The fourth-order valence-corrected chi connectivity index (χ4v) is 4.90. The van der Waals surface area contributed by atoms with Gasteiger partial charge in [0.2, 0.25) is 10.0 Å². The molecule has 2 unspecified atom stereocenters. The van der Waals surface area contributed by atoms with Crippen molar-refractivity contribution in [2.24, 2.45) is 5.92 Å². The Balaban J connectivity index is 2.27. The third kappa shape index (κ3) is 3.91.